The summed E-state index contributed by atoms with van der Waals surface area (Å²) < 4.78 is 48.1. The molecule has 2 aromatic carbocycles. The Morgan fingerprint density at radius 1 is 0.529 bits per heavy atom. The number of benzene rings is 2. The predicted molar refractivity (Wildman–Crippen MR) is 140 cm³/mol. The van der Waals surface area contributed by atoms with Crippen molar-refractivity contribution in [3.63, 3.8) is 0 Å². The molecule has 0 amide bonds. The number of hydrogen-bond donors (Lipinski definition) is 0. The highest BCUT2D eigenvalue weighted by Gasteiger charge is 2.57. The fourth-order valence-electron chi connectivity index (χ4n) is 3.86. The van der Waals surface area contributed by atoms with Gasteiger partial charge in [-0.3, -0.25) is 18.2 Å². The summed E-state index contributed by atoms with van der Waals surface area (Å²) in [6.07, 6.45) is 0. The molecule has 0 N–H and O–H groups in total. The molecule has 0 aliphatic rings. The lowest BCUT2D eigenvalue weighted by Crippen LogP contribution is -2.50. The van der Waals surface area contributed by atoms with Crippen molar-refractivity contribution in [2.45, 2.75) is 25.0 Å². The van der Waals surface area contributed by atoms with Gasteiger partial charge < -0.3 is 0 Å². The molecular weight excluding hydrogens is 470 g/mol. The van der Waals surface area contributed by atoms with E-state index in [2.05, 4.69) is 0 Å². The summed E-state index contributed by atoms with van der Waals surface area (Å²) in [5, 5.41) is 0. The van der Waals surface area contributed by atoms with Crippen LogP contribution in [0, 0.1) is 0 Å². The van der Waals surface area contributed by atoms with Gasteiger partial charge in [-0.25, -0.2) is 18.7 Å². The van der Waals surface area contributed by atoms with E-state index >= 15 is 0 Å². The van der Waals surface area contributed by atoms with E-state index in [1.54, 1.807) is 75.1 Å². The molecule has 10 heteroatoms. The van der Waals surface area contributed by atoms with E-state index in [4.69, 9.17) is 9.05 Å². The van der Waals surface area contributed by atoms with Crippen LogP contribution in [0.4, 0.5) is 0 Å². The zero-order valence-corrected chi connectivity index (χ0v) is 23.9. The fraction of sp³-hybridized carbons (Fsp3) is 0.500. The number of hydrogen-bond acceptors (Lipinski definition) is 4. The largest absolute Gasteiger partial charge is 0.345 e. The summed E-state index contributed by atoms with van der Waals surface area (Å²) in [6, 6.07) is 19.1. The van der Waals surface area contributed by atoms with Crippen molar-refractivity contribution >= 4 is 15.3 Å². The Kier molecular flexibility index (Phi) is 9.12. The topological polar surface area (TPSA) is 65.6 Å². The number of nitrogens with zero attached hydrogens (tertiary/aromatic N) is 4. The molecule has 0 bridgehead atoms. The molecule has 0 saturated heterocycles. The molecule has 0 aliphatic carbocycles. The van der Waals surface area contributed by atoms with Crippen molar-refractivity contribution < 1.29 is 18.2 Å². The minimum atomic E-state index is -3.51. The standard InChI is InChI=1S/C24H40N4O4P2/c1-23(21-17-13-11-14-18-21,31-33(29,25(3)4)26(5)6)24(2,22-19-15-12-16-20-22)32-34(30,27(7)8)28(9)10/h11-20H,1-10H3/t23-,24+. The third-order valence-electron chi connectivity index (χ3n) is 6.18. The summed E-state index contributed by atoms with van der Waals surface area (Å²) in [6.45, 7) is 3.70. The Labute approximate surface area is 205 Å². The average Bonchev–Trinajstić information content (AvgIpc) is 2.79. The van der Waals surface area contributed by atoms with E-state index in [-0.39, 0.29) is 0 Å². The first-order valence-electron chi connectivity index (χ1n) is 11.1. The highest BCUT2D eigenvalue weighted by Crippen LogP contribution is 2.65. The molecule has 2 rings (SSSR count). The normalized spacial score (nSPS) is 16.8. The van der Waals surface area contributed by atoms with Crippen LogP contribution in [0.3, 0.4) is 0 Å². The average molecular weight is 511 g/mol. The van der Waals surface area contributed by atoms with Crippen LogP contribution in [0.1, 0.15) is 25.0 Å². The molecule has 2 aromatic rings. The van der Waals surface area contributed by atoms with E-state index in [0.29, 0.717) is 0 Å². The summed E-state index contributed by atoms with van der Waals surface area (Å²) in [5.74, 6) is 0. The molecule has 0 radical (unpaired) electrons. The molecule has 0 aliphatic heterocycles. The second-order valence-electron chi connectivity index (χ2n) is 9.35. The van der Waals surface area contributed by atoms with Gasteiger partial charge in [0, 0.05) is 0 Å². The van der Waals surface area contributed by atoms with Gasteiger partial charge in [-0.1, -0.05) is 60.7 Å². The summed E-state index contributed by atoms with van der Waals surface area (Å²) >= 11 is 0. The van der Waals surface area contributed by atoms with Gasteiger partial charge in [0.1, 0.15) is 11.2 Å². The Balaban J connectivity index is 2.93. The molecule has 0 aromatic heterocycles. The second-order valence-corrected chi connectivity index (χ2v) is 14.9. The van der Waals surface area contributed by atoms with Crippen LogP contribution in [-0.2, 0) is 29.4 Å². The molecule has 2 atom stereocenters. The molecule has 8 nitrogen and oxygen atoms in total. The Morgan fingerprint density at radius 3 is 0.971 bits per heavy atom. The molecule has 0 heterocycles. The monoisotopic (exact) mass is 510 g/mol. The minimum absolute atomic E-state index is 0.745. The first-order chi connectivity index (χ1) is 15.6. The van der Waals surface area contributed by atoms with Crippen molar-refractivity contribution in [2.75, 3.05) is 56.4 Å². The van der Waals surface area contributed by atoms with Crippen molar-refractivity contribution in [3.8, 4) is 0 Å². The quantitative estimate of drug-likeness (QED) is 0.377. The number of rotatable bonds is 11. The van der Waals surface area contributed by atoms with Gasteiger partial charge in [-0.2, -0.15) is 0 Å². The molecule has 0 fully saturated rings. The van der Waals surface area contributed by atoms with E-state index in [1.807, 2.05) is 74.5 Å². The highest BCUT2D eigenvalue weighted by molar-refractivity contribution is 7.54. The lowest BCUT2D eigenvalue weighted by atomic mass is 9.76. The van der Waals surface area contributed by atoms with Gasteiger partial charge in [0.2, 0.25) is 0 Å². The Bertz CT molecular complexity index is 926. The van der Waals surface area contributed by atoms with E-state index in [1.165, 1.54) is 0 Å². The lowest BCUT2D eigenvalue weighted by Gasteiger charge is -2.50. The van der Waals surface area contributed by atoms with Crippen LogP contribution >= 0.6 is 15.3 Å². The van der Waals surface area contributed by atoms with Gasteiger partial charge in [0.15, 0.2) is 0 Å². The van der Waals surface area contributed by atoms with Crippen LogP contribution < -0.4 is 0 Å². The third-order valence-corrected chi connectivity index (χ3v) is 11.4. The summed E-state index contributed by atoms with van der Waals surface area (Å²) in [4.78, 5) is 0. The van der Waals surface area contributed by atoms with E-state index in [9.17, 15) is 9.13 Å². The molecule has 190 valence electrons. The zero-order chi connectivity index (χ0) is 25.9. The Hall–Kier alpha value is -1.34. The molecule has 34 heavy (non-hydrogen) atoms. The highest BCUT2D eigenvalue weighted by atomic mass is 31.2. The molecule has 0 spiro atoms. The second kappa shape index (κ2) is 10.7. The maximum Gasteiger partial charge on any atom is 0.345 e. The van der Waals surface area contributed by atoms with Crippen LogP contribution in [0.25, 0.3) is 0 Å². The fourth-order valence-corrected chi connectivity index (χ4v) is 7.46. The Morgan fingerprint density at radius 2 is 0.765 bits per heavy atom. The first-order valence-corrected chi connectivity index (χ1v) is 14.1. The van der Waals surface area contributed by atoms with Crippen LogP contribution in [0.2, 0.25) is 0 Å². The predicted octanol–water partition coefficient (Wildman–Crippen LogP) is 5.31. The van der Waals surface area contributed by atoms with Crippen molar-refractivity contribution in [2.24, 2.45) is 0 Å². The zero-order valence-electron chi connectivity index (χ0n) is 22.1. The molecule has 0 saturated carbocycles. The summed E-state index contributed by atoms with van der Waals surface area (Å²) in [7, 11) is 6.74. The van der Waals surface area contributed by atoms with Crippen LogP contribution in [0.15, 0.2) is 60.7 Å². The minimum Gasteiger partial charge on any atom is -0.291 e. The van der Waals surface area contributed by atoms with Gasteiger partial charge in [-0.05, 0) is 81.4 Å². The first kappa shape index (κ1) is 28.9. The van der Waals surface area contributed by atoms with Gasteiger partial charge in [-0.15, -0.1) is 0 Å². The van der Waals surface area contributed by atoms with Gasteiger partial charge in [0.05, 0.1) is 0 Å². The van der Waals surface area contributed by atoms with E-state index < -0.39 is 26.5 Å². The van der Waals surface area contributed by atoms with Crippen molar-refractivity contribution in [3.05, 3.63) is 71.8 Å². The lowest BCUT2D eigenvalue weighted by molar-refractivity contribution is -0.118. The summed E-state index contributed by atoms with van der Waals surface area (Å²) in [5.41, 5.74) is -1.15. The smallest absolute Gasteiger partial charge is 0.291 e. The maximum absolute atomic E-state index is 14.2. The van der Waals surface area contributed by atoms with Crippen molar-refractivity contribution in [1.29, 1.82) is 0 Å². The van der Waals surface area contributed by atoms with Crippen LogP contribution in [-0.4, -0.2) is 75.1 Å². The third kappa shape index (κ3) is 5.25. The maximum atomic E-state index is 14.2. The van der Waals surface area contributed by atoms with Crippen molar-refractivity contribution in [1.82, 2.24) is 18.7 Å². The van der Waals surface area contributed by atoms with Gasteiger partial charge >= 0.3 is 15.3 Å². The van der Waals surface area contributed by atoms with E-state index in [0.717, 1.165) is 11.1 Å². The van der Waals surface area contributed by atoms with Gasteiger partial charge in [0.25, 0.3) is 0 Å². The van der Waals surface area contributed by atoms with Crippen LogP contribution in [0.5, 0.6) is 0 Å². The molecular formula is C24H40N4O4P2. The SMILES string of the molecule is CN(C)P(=O)(O[C@@](C)(c1ccccc1)[C@](C)(OP(=O)(N(C)C)N(C)C)c1ccccc1)N(C)C. The molecule has 0 unspecified atom stereocenters.